The maximum absolute atomic E-state index is 12.9. The van der Waals surface area contributed by atoms with Crippen molar-refractivity contribution in [1.82, 2.24) is 0 Å². The van der Waals surface area contributed by atoms with Crippen LogP contribution in [-0.4, -0.2) is 24.9 Å². The monoisotopic (exact) mass is 295 g/mol. The largest absolute Gasteiger partial charge is 0.469 e. The number of carbonyl (C=O) groups is 2. The Morgan fingerprint density at radius 3 is 2.29 bits per heavy atom. The van der Waals surface area contributed by atoms with E-state index in [9.17, 15) is 14.0 Å². The summed E-state index contributed by atoms with van der Waals surface area (Å²) < 4.78 is 17.6. The molecule has 2 N–H and O–H groups in total. The summed E-state index contributed by atoms with van der Waals surface area (Å²) in [6, 6.07) is 5.25. The zero-order chi connectivity index (χ0) is 16.0. The van der Waals surface area contributed by atoms with Gasteiger partial charge in [-0.3, -0.25) is 9.59 Å². The van der Waals surface area contributed by atoms with Gasteiger partial charge < -0.3 is 10.5 Å². The SMILES string of the molecule is COC(=O)[C@@H](CC(=O)[C@@H](N)C(C)C)Cc1ccc(F)cc1. The normalized spacial score (nSPS) is 13.8. The first-order valence-electron chi connectivity index (χ1n) is 6.95. The molecule has 2 atom stereocenters. The molecule has 0 saturated heterocycles. The zero-order valence-corrected chi connectivity index (χ0v) is 12.6. The number of ether oxygens (including phenoxy) is 1. The van der Waals surface area contributed by atoms with Gasteiger partial charge in [0, 0.05) is 6.42 Å². The molecule has 5 heteroatoms. The first-order chi connectivity index (χ1) is 9.85. The number of esters is 1. The van der Waals surface area contributed by atoms with Crippen LogP contribution in [0.1, 0.15) is 25.8 Å². The molecule has 0 radical (unpaired) electrons. The van der Waals surface area contributed by atoms with Gasteiger partial charge >= 0.3 is 5.97 Å². The predicted molar refractivity (Wildman–Crippen MR) is 78.0 cm³/mol. The van der Waals surface area contributed by atoms with E-state index in [0.29, 0.717) is 6.42 Å². The van der Waals surface area contributed by atoms with Crippen LogP contribution in [0.15, 0.2) is 24.3 Å². The van der Waals surface area contributed by atoms with Crippen LogP contribution in [0.5, 0.6) is 0 Å². The molecule has 0 bridgehead atoms. The molecule has 21 heavy (non-hydrogen) atoms. The standard InChI is InChI=1S/C16H22FNO3/c1-10(2)15(18)14(19)9-12(16(20)21-3)8-11-4-6-13(17)7-5-11/h4-7,10,12,15H,8-9,18H2,1-3H3/t12-,15+/m1/s1. The summed E-state index contributed by atoms with van der Waals surface area (Å²) in [5.41, 5.74) is 6.59. The Bertz CT molecular complexity index is 485. The highest BCUT2D eigenvalue weighted by molar-refractivity contribution is 5.88. The molecule has 1 aromatic carbocycles. The summed E-state index contributed by atoms with van der Waals surface area (Å²) in [6.07, 6.45) is 0.354. The van der Waals surface area contributed by atoms with Crippen LogP contribution in [0.25, 0.3) is 0 Å². The fraction of sp³-hybridized carbons (Fsp3) is 0.500. The van der Waals surface area contributed by atoms with Gasteiger partial charge in [0.05, 0.1) is 19.1 Å². The number of methoxy groups -OCH3 is 1. The summed E-state index contributed by atoms with van der Waals surface area (Å²) >= 11 is 0. The number of nitrogens with two attached hydrogens (primary N) is 1. The number of Topliss-reactive ketones (excluding diaryl/α,β-unsaturated/α-hetero) is 1. The van der Waals surface area contributed by atoms with E-state index in [1.165, 1.54) is 19.2 Å². The molecule has 1 rings (SSSR count). The number of halogens is 1. The summed E-state index contributed by atoms with van der Waals surface area (Å²) in [4.78, 5) is 23.9. The van der Waals surface area contributed by atoms with Crippen molar-refractivity contribution < 1.29 is 18.7 Å². The Labute approximate surface area is 124 Å². The third-order valence-corrected chi connectivity index (χ3v) is 3.47. The first-order valence-corrected chi connectivity index (χ1v) is 6.95. The third-order valence-electron chi connectivity index (χ3n) is 3.47. The molecule has 0 spiro atoms. The van der Waals surface area contributed by atoms with E-state index in [1.54, 1.807) is 12.1 Å². The van der Waals surface area contributed by atoms with Crippen LogP contribution in [0, 0.1) is 17.7 Å². The van der Waals surface area contributed by atoms with Gasteiger partial charge in [0.15, 0.2) is 5.78 Å². The van der Waals surface area contributed by atoms with Gasteiger partial charge in [0.1, 0.15) is 5.82 Å². The molecular weight excluding hydrogens is 273 g/mol. The molecule has 0 aliphatic carbocycles. The molecule has 0 saturated carbocycles. The average molecular weight is 295 g/mol. The minimum atomic E-state index is -0.599. The van der Waals surface area contributed by atoms with Crippen LogP contribution in [0.4, 0.5) is 4.39 Å². The van der Waals surface area contributed by atoms with Crippen molar-refractivity contribution >= 4 is 11.8 Å². The van der Waals surface area contributed by atoms with Gasteiger partial charge in [0.25, 0.3) is 0 Å². The molecule has 116 valence electrons. The van der Waals surface area contributed by atoms with Crippen molar-refractivity contribution in [3.8, 4) is 0 Å². The fourth-order valence-electron chi connectivity index (χ4n) is 2.06. The smallest absolute Gasteiger partial charge is 0.309 e. The Morgan fingerprint density at radius 1 is 1.24 bits per heavy atom. The van der Waals surface area contributed by atoms with Gasteiger partial charge in [-0.25, -0.2) is 4.39 Å². The summed E-state index contributed by atoms with van der Waals surface area (Å²) in [5.74, 6) is -1.54. The van der Waals surface area contributed by atoms with Gasteiger partial charge in [-0.15, -0.1) is 0 Å². The molecule has 0 aliphatic heterocycles. The molecule has 0 fully saturated rings. The van der Waals surface area contributed by atoms with Crippen molar-refractivity contribution in [2.45, 2.75) is 32.7 Å². The van der Waals surface area contributed by atoms with E-state index >= 15 is 0 Å². The maximum Gasteiger partial charge on any atom is 0.309 e. The van der Waals surface area contributed by atoms with Gasteiger partial charge in [-0.1, -0.05) is 26.0 Å². The highest BCUT2D eigenvalue weighted by Crippen LogP contribution is 2.17. The average Bonchev–Trinajstić information content (AvgIpc) is 2.46. The van der Waals surface area contributed by atoms with Crippen molar-refractivity contribution in [2.75, 3.05) is 7.11 Å². The second kappa shape index (κ2) is 7.88. The Kier molecular flexibility index (Phi) is 6.49. The van der Waals surface area contributed by atoms with E-state index in [1.807, 2.05) is 13.8 Å². The van der Waals surface area contributed by atoms with Crippen LogP contribution in [0.3, 0.4) is 0 Å². The number of hydrogen-bond donors (Lipinski definition) is 1. The van der Waals surface area contributed by atoms with E-state index in [2.05, 4.69) is 0 Å². The number of ketones is 1. The van der Waals surface area contributed by atoms with E-state index < -0.39 is 17.9 Å². The van der Waals surface area contributed by atoms with Crippen molar-refractivity contribution in [3.63, 3.8) is 0 Å². The Balaban J connectivity index is 2.79. The minimum absolute atomic E-state index is 0.0154. The predicted octanol–water partition coefficient (Wildman–Crippen LogP) is 2.10. The lowest BCUT2D eigenvalue weighted by molar-refractivity contribution is -0.147. The molecule has 0 unspecified atom stereocenters. The third kappa shape index (κ3) is 5.27. The second-order valence-electron chi connectivity index (χ2n) is 5.49. The summed E-state index contributed by atoms with van der Waals surface area (Å²) in [7, 11) is 1.28. The topological polar surface area (TPSA) is 69.4 Å². The number of carbonyl (C=O) groups excluding carboxylic acids is 2. The molecule has 0 aromatic heterocycles. The van der Waals surface area contributed by atoms with E-state index in [-0.39, 0.29) is 23.9 Å². The van der Waals surface area contributed by atoms with Gasteiger partial charge in [-0.2, -0.15) is 0 Å². The van der Waals surface area contributed by atoms with Crippen LogP contribution < -0.4 is 5.73 Å². The minimum Gasteiger partial charge on any atom is -0.469 e. The van der Waals surface area contributed by atoms with Gasteiger partial charge in [-0.05, 0) is 30.0 Å². The van der Waals surface area contributed by atoms with Crippen molar-refractivity contribution in [2.24, 2.45) is 17.6 Å². The molecule has 1 aromatic rings. The molecule has 0 aliphatic rings. The highest BCUT2D eigenvalue weighted by Gasteiger charge is 2.27. The maximum atomic E-state index is 12.9. The van der Waals surface area contributed by atoms with Gasteiger partial charge in [0.2, 0.25) is 0 Å². The van der Waals surface area contributed by atoms with Crippen molar-refractivity contribution in [3.05, 3.63) is 35.6 Å². The number of benzene rings is 1. The number of hydrogen-bond acceptors (Lipinski definition) is 4. The van der Waals surface area contributed by atoms with Crippen LogP contribution >= 0.6 is 0 Å². The molecule has 4 nitrogen and oxygen atoms in total. The Morgan fingerprint density at radius 2 is 1.81 bits per heavy atom. The molecular formula is C16H22FNO3. The zero-order valence-electron chi connectivity index (χ0n) is 12.6. The van der Waals surface area contributed by atoms with E-state index in [4.69, 9.17) is 10.5 Å². The second-order valence-corrected chi connectivity index (χ2v) is 5.49. The Hall–Kier alpha value is -1.75. The molecule has 0 amide bonds. The molecule has 0 heterocycles. The van der Waals surface area contributed by atoms with Crippen molar-refractivity contribution in [1.29, 1.82) is 0 Å². The lowest BCUT2D eigenvalue weighted by Gasteiger charge is -2.18. The fourth-order valence-corrected chi connectivity index (χ4v) is 2.06. The lowest BCUT2D eigenvalue weighted by atomic mass is 9.89. The first kappa shape index (κ1) is 17.3. The summed E-state index contributed by atoms with van der Waals surface area (Å²) in [5, 5.41) is 0. The highest BCUT2D eigenvalue weighted by atomic mass is 19.1. The quantitative estimate of drug-likeness (QED) is 0.782. The number of rotatable bonds is 7. The van der Waals surface area contributed by atoms with Crippen LogP contribution in [0.2, 0.25) is 0 Å². The van der Waals surface area contributed by atoms with E-state index in [0.717, 1.165) is 5.56 Å². The summed E-state index contributed by atoms with van der Waals surface area (Å²) in [6.45, 7) is 3.71. The van der Waals surface area contributed by atoms with Crippen LogP contribution in [-0.2, 0) is 20.7 Å². The lowest BCUT2D eigenvalue weighted by Crippen LogP contribution is -2.38.